The summed E-state index contributed by atoms with van der Waals surface area (Å²) >= 11 is 0. The molecule has 0 aromatic heterocycles. The number of ether oxygens (including phenoxy) is 1. The summed E-state index contributed by atoms with van der Waals surface area (Å²) in [5.41, 5.74) is 1.44. The lowest BCUT2D eigenvalue weighted by Crippen LogP contribution is -2.41. The Morgan fingerprint density at radius 3 is 2.57 bits per heavy atom. The van der Waals surface area contributed by atoms with Crippen molar-refractivity contribution in [3.8, 4) is 0 Å². The summed E-state index contributed by atoms with van der Waals surface area (Å²) in [7, 11) is 3.17. The van der Waals surface area contributed by atoms with Crippen molar-refractivity contribution in [3.05, 3.63) is 35.9 Å². The number of hydrogen-bond donors (Lipinski definition) is 0. The van der Waals surface area contributed by atoms with E-state index in [1.54, 1.807) is 11.0 Å². The summed E-state index contributed by atoms with van der Waals surface area (Å²) < 4.78 is 4.59. The van der Waals surface area contributed by atoms with Gasteiger partial charge in [0, 0.05) is 24.2 Å². The molecule has 0 radical (unpaired) electrons. The molecule has 1 saturated carbocycles. The number of anilines is 1. The molecule has 0 bridgehead atoms. The van der Waals surface area contributed by atoms with Crippen LogP contribution >= 0.6 is 0 Å². The monoisotopic (exact) mass is 315 g/mol. The van der Waals surface area contributed by atoms with Crippen molar-refractivity contribution in [2.24, 2.45) is 5.41 Å². The first kappa shape index (κ1) is 17.3. The maximum absolute atomic E-state index is 12.9. The van der Waals surface area contributed by atoms with Crippen molar-refractivity contribution in [3.63, 3.8) is 0 Å². The number of methoxy groups -OCH3 is 1. The molecule has 0 atom stereocenters. The van der Waals surface area contributed by atoms with Crippen LogP contribution in [0.4, 0.5) is 5.69 Å². The van der Waals surface area contributed by atoms with E-state index >= 15 is 0 Å². The van der Waals surface area contributed by atoms with Gasteiger partial charge in [0.25, 0.3) is 0 Å². The molecule has 0 spiro atoms. The van der Waals surface area contributed by atoms with Crippen LogP contribution in [0.1, 0.15) is 44.6 Å². The second-order valence-corrected chi connectivity index (χ2v) is 6.44. The number of benzene rings is 1. The fraction of sp³-hybridized carbons (Fsp3) is 0.474. The SMILES string of the molecule is COC(=O)/C=C/c1cccc(N(C)C(=O)C2(C)CCCCC2)c1. The third-order valence-corrected chi connectivity index (χ3v) is 4.65. The Kier molecular flexibility index (Phi) is 5.59. The lowest BCUT2D eigenvalue weighted by molar-refractivity contribution is -0.134. The highest BCUT2D eigenvalue weighted by atomic mass is 16.5. The number of rotatable bonds is 4. The summed E-state index contributed by atoms with van der Waals surface area (Å²) in [5, 5.41) is 0. The van der Waals surface area contributed by atoms with Gasteiger partial charge in [-0.1, -0.05) is 38.3 Å². The van der Waals surface area contributed by atoms with Gasteiger partial charge in [0.2, 0.25) is 5.91 Å². The van der Waals surface area contributed by atoms with Crippen molar-refractivity contribution in [1.82, 2.24) is 0 Å². The first-order valence-electron chi connectivity index (χ1n) is 8.10. The molecule has 0 N–H and O–H groups in total. The molecule has 4 heteroatoms. The summed E-state index contributed by atoms with van der Waals surface area (Å²) in [4.78, 5) is 25.8. The number of nitrogens with zero attached hydrogens (tertiary/aromatic N) is 1. The van der Waals surface area contributed by atoms with Crippen LogP contribution in [-0.2, 0) is 14.3 Å². The van der Waals surface area contributed by atoms with Crippen LogP contribution in [0, 0.1) is 5.41 Å². The van der Waals surface area contributed by atoms with Crippen LogP contribution < -0.4 is 4.90 Å². The van der Waals surface area contributed by atoms with Crippen LogP contribution in [0.15, 0.2) is 30.3 Å². The van der Waals surface area contributed by atoms with Crippen molar-refractivity contribution >= 4 is 23.6 Å². The van der Waals surface area contributed by atoms with E-state index in [0.717, 1.165) is 36.9 Å². The van der Waals surface area contributed by atoms with E-state index in [1.807, 2.05) is 31.3 Å². The van der Waals surface area contributed by atoms with E-state index in [2.05, 4.69) is 11.7 Å². The zero-order chi connectivity index (χ0) is 16.9. The van der Waals surface area contributed by atoms with E-state index in [-0.39, 0.29) is 11.3 Å². The second-order valence-electron chi connectivity index (χ2n) is 6.44. The quantitative estimate of drug-likeness (QED) is 0.627. The second kappa shape index (κ2) is 7.44. The average Bonchev–Trinajstić information content (AvgIpc) is 2.59. The lowest BCUT2D eigenvalue weighted by Gasteiger charge is -2.35. The highest BCUT2D eigenvalue weighted by Gasteiger charge is 2.36. The lowest BCUT2D eigenvalue weighted by atomic mass is 9.74. The van der Waals surface area contributed by atoms with Gasteiger partial charge in [-0.05, 0) is 36.6 Å². The first-order chi connectivity index (χ1) is 11.0. The first-order valence-corrected chi connectivity index (χ1v) is 8.10. The van der Waals surface area contributed by atoms with Gasteiger partial charge < -0.3 is 9.64 Å². The van der Waals surface area contributed by atoms with E-state index < -0.39 is 5.97 Å². The average molecular weight is 315 g/mol. The summed E-state index contributed by atoms with van der Waals surface area (Å²) in [6, 6.07) is 7.60. The summed E-state index contributed by atoms with van der Waals surface area (Å²) in [5.74, 6) is -0.221. The van der Waals surface area contributed by atoms with Gasteiger partial charge in [0.1, 0.15) is 0 Å². The molecule has 4 nitrogen and oxygen atoms in total. The van der Waals surface area contributed by atoms with Crippen molar-refractivity contribution in [1.29, 1.82) is 0 Å². The third kappa shape index (κ3) is 4.21. The number of amides is 1. The molecule has 124 valence electrons. The Morgan fingerprint density at radius 2 is 1.91 bits per heavy atom. The Hall–Kier alpha value is -2.10. The van der Waals surface area contributed by atoms with Crippen LogP contribution in [0.25, 0.3) is 6.08 Å². The fourth-order valence-electron chi connectivity index (χ4n) is 3.14. The van der Waals surface area contributed by atoms with Crippen LogP contribution in [-0.4, -0.2) is 26.0 Å². The fourth-order valence-corrected chi connectivity index (χ4v) is 3.14. The van der Waals surface area contributed by atoms with Gasteiger partial charge in [-0.25, -0.2) is 4.79 Å². The minimum Gasteiger partial charge on any atom is -0.466 e. The van der Waals surface area contributed by atoms with Gasteiger partial charge in [-0.15, -0.1) is 0 Å². The Labute approximate surface area is 138 Å². The molecule has 1 aliphatic rings. The normalized spacial score (nSPS) is 17.0. The van der Waals surface area contributed by atoms with Crippen LogP contribution in [0.2, 0.25) is 0 Å². The highest BCUT2D eigenvalue weighted by Crippen LogP contribution is 2.38. The molecule has 1 fully saturated rings. The largest absolute Gasteiger partial charge is 0.466 e. The molecule has 0 heterocycles. The van der Waals surface area contributed by atoms with Crippen LogP contribution in [0.3, 0.4) is 0 Å². The van der Waals surface area contributed by atoms with Gasteiger partial charge in [-0.3, -0.25) is 4.79 Å². The summed E-state index contributed by atoms with van der Waals surface area (Å²) in [6.07, 6.45) is 8.45. The van der Waals surface area contributed by atoms with E-state index in [9.17, 15) is 9.59 Å². The minimum atomic E-state index is -0.394. The Bertz CT molecular complexity index is 600. The maximum Gasteiger partial charge on any atom is 0.330 e. The molecular formula is C19H25NO3. The van der Waals surface area contributed by atoms with Crippen LogP contribution in [0.5, 0.6) is 0 Å². The van der Waals surface area contributed by atoms with E-state index in [4.69, 9.17) is 0 Å². The Morgan fingerprint density at radius 1 is 1.22 bits per heavy atom. The maximum atomic E-state index is 12.9. The van der Waals surface area contributed by atoms with Gasteiger partial charge in [-0.2, -0.15) is 0 Å². The van der Waals surface area contributed by atoms with Crippen molar-refractivity contribution in [2.75, 3.05) is 19.1 Å². The zero-order valence-corrected chi connectivity index (χ0v) is 14.2. The van der Waals surface area contributed by atoms with Crippen molar-refractivity contribution in [2.45, 2.75) is 39.0 Å². The highest BCUT2D eigenvalue weighted by molar-refractivity contribution is 5.97. The molecule has 0 unspecified atom stereocenters. The third-order valence-electron chi connectivity index (χ3n) is 4.65. The zero-order valence-electron chi connectivity index (χ0n) is 14.2. The molecule has 1 aromatic carbocycles. The van der Waals surface area contributed by atoms with Crippen molar-refractivity contribution < 1.29 is 14.3 Å². The molecule has 0 aliphatic heterocycles. The standard InChI is InChI=1S/C19H25NO3/c1-19(12-5-4-6-13-19)18(22)20(2)16-9-7-8-15(14-16)10-11-17(21)23-3/h7-11,14H,4-6,12-13H2,1-3H3/b11-10+. The summed E-state index contributed by atoms with van der Waals surface area (Å²) in [6.45, 7) is 2.08. The molecule has 0 saturated heterocycles. The number of carbonyl (C=O) groups is 2. The molecular weight excluding hydrogens is 290 g/mol. The molecule has 1 amide bonds. The number of carbonyl (C=O) groups excluding carboxylic acids is 2. The number of hydrogen-bond acceptors (Lipinski definition) is 3. The topological polar surface area (TPSA) is 46.6 Å². The molecule has 1 aliphatic carbocycles. The van der Waals surface area contributed by atoms with Gasteiger partial charge in [0.05, 0.1) is 7.11 Å². The smallest absolute Gasteiger partial charge is 0.330 e. The molecule has 2 rings (SSSR count). The van der Waals surface area contributed by atoms with Gasteiger partial charge in [0.15, 0.2) is 0 Å². The minimum absolute atomic E-state index is 0.172. The predicted octanol–water partition coefficient (Wildman–Crippen LogP) is 3.81. The molecule has 23 heavy (non-hydrogen) atoms. The molecule has 1 aromatic rings. The Balaban J connectivity index is 2.15. The number of esters is 1. The van der Waals surface area contributed by atoms with E-state index in [0.29, 0.717) is 0 Å². The predicted molar refractivity (Wildman–Crippen MR) is 92.1 cm³/mol. The van der Waals surface area contributed by atoms with E-state index in [1.165, 1.54) is 19.6 Å². The van der Waals surface area contributed by atoms with Gasteiger partial charge >= 0.3 is 5.97 Å².